The van der Waals surface area contributed by atoms with Gasteiger partial charge in [-0.2, -0.15) is 0 Å². The highest BCUT2D eigenvalue weighted by molar-refractivity contribution is 7.25. The maximum atomic E-state index is 5.17. The van der Waals surface area contributed by atoms with E-state index in [4.69, 9.17) is 29.9 Å². The first kappa shape index (κ1) is 32.4. The van der Waals surface area contributed by atoms with Gasteiger partial charge in [-0.25, -0.2) is 29.9 Å². The summed E-state index contributed by atoms with van der Waals surface area (Å²) in [6.07, 6.45) is 0. The summed E-state index contributed by atoms with van der Waals surface area (Å²) in [5.74, 6) is 3.40. The Bertz CT molecular complexity index is 2920. The lowest BCUT2D eigenvalue weighted by atomic mass is 10.0. The summed E-state index contributed by atoms with van der Waals surface area (Å²) in [5.41, 5.74) is 7.41. The van der Waals surface area contributed by atoms with Crippen LogP contribution < -0.4 is 0 Å². The molecule has 3 heterocycles. The van der Waals surface area contributed by atoms with Crippen molar-refractivity contribution in [3.63, 3.8) is 0 Å². The Morgan fingerprint density at radius 2 is 0.655 bits per heavy atom. The van der Waals surface area contributed by atoms with Crippen molar-refractivity contribution in [1.29, 1.82) is 0 Å². The van der Waals surface area contributed by atoms with Crippen LogP contribution in [-0.4, -0.2) is 29.9 Å². The SMILES string of the molecule is c1ccc(-c2nc(-c3ccccc3)nc(-c3ccccc3-c3nc(-c4ccccc4)nc(-c4cccc(-c5ccc6c(c5)sc5ccccc56)c4)n3)n2)cc1. The van der Waals surface area contributed by atoms with Crippen molar-refractivity contribution in [1.82, 2.24) is 29.9 Å². The fraction of sp³-hybridized carbons (Fsp3) is 0. The Hall–Kier alpha value is -7.22. The minimum Gasteiger partial charge on any atom is -0.208 e. The van der Waals surface area contributed by atoms with Crippen LogP contribution in [0.2, 0.25) is 0 Å². The van der Waals surface area contributed by atoms with Gasteiger partial charge in [-0.05, 0) is 29.3 Å². The van der Waals surface area contributed by atoms with Gasteiger partial charge < -0.3 is 0 Å². The lowest BCUT2D eigenvalue weighted by Gasteiger charge is -2.13. The average Bonchev–Trinajstić information content (AvgIpc) is 3.65. The molecule has 7 aromatic carbocycles. The second-order valence-electron chi connectivity index (χ2n) is 13.1. The number of thiophene rings is 1. The van der Waals surface area contributed by atoms with Gasteiger partial charge >= 0.3 is 0 Å². The van der Waals surface area contributed by atoms with Crippen molar-refractivity contribution in [3.05, 3.63) is 182 Å². The van der Waals surface area contributed by atoms with Crippen LogP contribution >= 0.6 is 11.3 Å². The van der Waals surface area contributed by atoms with E-state index in [2.05, 4.69) is 66.7 Å². The second kappa shape index (κ2) is 14.0. The van der Waals surface area contributed by atoms with Gasteiger partial charge in [0.05, 0.1) is 0 Å². The van der Waals surface area contributed by atoms with Gasteiger partial charge in [-0.15, -0.1) is 11.3 Å². The summed E-state index contributed by atoms with van der Waals surface area (Å²) in [6, 6.07) is 61.8. The Labute approximate surface area is 321 Å². The fourth-order valence-electron chi connectivity index (χ4n) is 6.89. The van der Waals surface area contributed by atoms with E-state index < -0.39 is 0 Å². The van der Waals surface area contributed by atoms with Gasteiger partial charge in [0.2, 0.25) is 0 Å². The van der Waals surface area contributed by atoms with Crippen LogP contribution in [0, 0.1) is 0 Å². The highest BCUT2D eigenvalue weighted by atomic mass is 32.1. The number of nitrogens with zero attached hydrogens (tertiary/aromatic N) is 6. The molecule has 0 aliphatic carbocycles. The summed E-state index contributed by atoms with van der Waals surface area (Å²) in [6.45, 7) is 0. The van der Waals surface area contributed by atoms with Crippen LogP contribution in [-0.2, 0) is 0 Å². The van der Waals surface area contributed by atoms with Crippen LogP contribution in [0.4, 0.5) is 0 Å². The van der Waals surface area contributed by atoms with Gasteiger partial charge in [-0.1, -0.05) is 164 Å². The molecule has 10 rings (SSSR count). The monoisotopic (exact) mass is 722 g/mol. The number of hydrogen-bond acceptors (Lipinski definition) is 7. The van der Waals surface area contributed by atoms with Crippen molar-refractivity contribution < 1.29 is 0 Å². The maximum Gasteiger partial charge on any atom is 0.164 e. The molecule has 0 saturated carbocycles. The van der Waals surface area contributed by atoms with Gasteiger partial charge in [0.1, 0.15) is 0 Å². The first-order valence-electron chi connectivity index (χ1n) is 18.0. The molecule has 0 spiro atoms. The van der Waals surface area contributed by atoms with E-state index >= 15 is 0 Å². The smallest absolute Gasteiger partial charge is 0.164 e. The molecular weight excluding hydrogens is 693 g/mol. The molecular formula is C48H30N6S. The van der Waals surface area contributed by atoms with Crippen molar-refractivity contribution >= 4 is 31.5 Å². The fourth-order valence-corrected chi connectivity index (χ4v) is 8.03. The molecule has 0 fully saturated rings. The number of fused-ring (bicyclic) bond motifs is 3. The second-order valence-corrected chi connectivity index (χ2v) is 14.2. The lowest BCUT2D eigenvalue weighted by Crippen LogP contribution is -2.03. The summed E-state index contributed by atoms with van der Waals surface area (Å²) >= 11 is 1.82. The third-order valence-corrected chi connectivity index (χ3v) is 10.7. The van der Waals surface area contributed by atoms with Gasteiger partial charge in [0.25, 0.3) is 0 Å². The zero-order valence-corrected chi connectivity index (χ0v) is 30.2. The molecule has 0 radical (unpaired) electrons. The summed E-state index contributed by atoms with van der Waals surface area (Å²) < 4.78 is 2.55. The van der Waals surface area contributed by atoms with Crippen molar-refractivity contribution in [2.24, 2.45) is 0 Å². The average molecular weight is 723 g/mol. The quantitative estimate of drug-likeness (QED) is 0.163. The Balaban J connectivity index is 1.12. The Morgan fingerprint density at radius 1 is 0.255 bits per heavy atom. The molecule has 55 heavy (non-hydrogen) atoms. The van der Waals surface area contributed by atoms with E-state index in [0.29, 0.717) is 34.9 Å². The Morgan fingerprint density at radius 3 is 1.22 bits per heavy atom. The molecule has 7 heteroatoms. The molecule has 0 saturated heterocycles. The van der Waals surface area contributed by atoms with Crippen LogP contribution in [0.5, 0.6) is 0 Å². The standard InChI is InChI=1S/C48H30N6S/c1-4-15-31(16-5-1)43-49-44(32-17-6-2-7-18-32)52-47(51-43)39-24-10-11-25-40(39)48-53-45(33-19-8-3-9-20-33)50-46(54-48)36-22-14-21-34(29-36)35-27-28-38-37-23-12-13-26-41(37)55-42(38)30-35/h1-30H. The molecule has 0 bridgehead atoms. The molecule has 0 amide bonds. The number of benzene rings is 7. The number of rotatable bonds is 7. The molecule has 258 valence electrons. The van der Waals surface area contributed by atoms with E-state index in [9.17, 15) is 0 Å². The van der Waals surface area contributed by atoms with Crippen LogP contribution in [0.1, 0.15) is 0 Å². The number of hydrogen-bond donors (Lipinski definition) is 0. The third-order valence-electron chi connectivity index (χ3n) is 9.61. The summed E-state index contributed by atoms with van der Waals surface area (Å²) in [4.78, 5) is 30.3. The van der Waals surface area contributed by atoms with E-state index in [1.807, 2.05) is 127 Å². The molecule has 0 atom stereocenters. The van der Waals surface area contributed by atoms with Crippen molar-refractivity contribution in [3.8, 4) is 79.5 Å². The summed E-state index contributed by atoms with van der Waals surface area (Å²) in [5, 5.41) is 2.57. The molecule has 10 aromatic rings. The van der Waals surface area contributed by atoms with Crippen molar-refractivity contribution in [2.45, 2.75) is 0 Å². The number of aromatic nitrogens is 6. The largest absolute Gasteiger partial charge is 0.208 e. The first-order chi connectivity index (χ1) is 27.2. The Kier molecular flexibility index (Phi) is 8.24. The first-order valence-corrected chi connectivity index (χ1v) is 18.9. The highest BCUT2D eigenvalue weighted by Gasteiger charge is 2.19. The normalized spacial score (nSPS) is 11.3. The van der Waals surface area contributed by atoms with E-state index in [1.54, 1.807) is 0 Å². The van der Waals surface area contributed by atoms with E-state index in [0.717, 1.165) is 44.5 Å². The zero-order chi connectivity index (χ0) is 36.6. The molecule has 0 aliphatic rings. The van der Waals surface area contributed by atoms with Crippen LogP contribution in [0.25, 0.3) is 99.6 Å². The topological polar surface area (TPSA) is 77.3 Å². The van der Waals surface area contributed by atoms with Gasteiger partial charge in [-0.3, -0.25) is 0 Å². The zero-order valence-electron chi connectivity index (χ0n) is 29.4. The van der Waals surface area contributed by atoms with Crippen LogP contribution in [0.15, 0.2) is 182 Å². The minimum atomic E-state index is 0.527. The maximum absolute atomic E-state index is 5.17. The van der Waals surface area contributed by atoms with Crippen molar-refractivity contribution in [2.75, 3.05) is 0 Å². The lowest BCUT2D eigenvalue weighted by molar-refractivity contribution is 1.06. The molecule has 0 unspecified atom stereocenters. The molecule has 0 N–H and O–H groups in total. The van der Waals surface area contributed by atoms with Gasteiger partial charge in [0.15, 0.2) is 34.9 Å². The predicted octanol–water partition coefficient (Wildman–Crippen LogP) is 12.1. The molecule has 6 nitrogen and oxygen atoms in total. The molecule has 0 aliphatic heterocycles. The van der Waals surface area contributed by atoms with Crippen LogP contribution in [0.3, 0.4) is 0 Å². The molecule has 3 aromatic heterocycles. The van der Waals surface area contributed by atoms with E-state index in [-0.39, 0.29) is 0 Å². The minimum absolute atomic E-state index is 0.527. The third kappa shape index (κ3) is 6.33. The predicted molar refractivity (Wildman–Crippen MR) is 224 cm³/mol. The van der Waals surface area contributed by atoms with E-state index in [1.165, 1.54) is 20.2 Å². The summed E-state index contributed by atoms with van der Waals surface area (Å²) in [7, 11) is 0. The highest BCUT2D eigenvalue weighted by Crippen LogP contribution is 2.38. The van der Waals surface area contributed by atoms with Gasteiger partial charge in [0, 0.05) is 53.6 Å².